The molecule has 0 spiro atoms. The first kappa shape index (κ1) is 10.2. The quantitative estimate of drug-likeness (QED) is 0.758. The molecule has 72 valence electrons. The fourth-order valence-corrected chi connectivity index (χ4v) is 1.44. The Morgan fingerprint density at radius 1 is 1.46 bits per heavy atom. The molecule has 0 heterocycles. The van der Waals surface area contributed by atoms with Crippen molar-refractivity contribution in [2.45, 2.75) is 32.2 Å². The molecule has 0 aliphatic rings. The van der Waals surface area contributed by atoms with Crippen LogP contribution in [0.25, 0.3) is 0 Å². The van der Waals surface area contributed by atoms with Crippen LogP contribution >= 0.6 is 0 Å². The van der Waals surface area contributed by atoms with Gasteiger partial charge >= 0.3 is 0 Å². The monoisotopic (exact) mass is 181 g/mol. The second-order valence-corrected chi connectivity index (χ2v) is 3.38. The van der Waals surface area contributed by atoms with Crippen molar-refractivity contribution in [2.75, 3.05) is 0 Å². The van der Waals surface area contributed by atoms with Gasteiger partial charge in [-0.2, -0.15) is 0 Å². The highest BCUT2D eigenvalue weighted by atomic mass is 19.1. The van der Waals surface area contributed by atoms with Crippen LogP contribution in [0.5, 0.6) is 0 Å². The molecule has 0 saturated heterocycles. The Morgan fingerprint density at radius 2 is 2.23 bits per heavy atom. The number of halogens is 1. The minimum absolute atomic E-state index is 0.159. The molecule has 1 atom stereocenters. The molecule has 0 aromatic heterocycles. The van der Waals surface area contributed by atoms with Crippen LogP contribution in [0.3, 0.4) is 0 Å². The summed E-state index contributed by atoms with van der Waals surface area (Å²) in [6, 6.07) is 6.80. The van der Waals surface area contributed by atoms with Crippen LogP contribution in [-0.2, 0) is 6.42 Å². The van der Waals surface area contributed by atoms with Crippen LogP contribution in [0.1, 0.15) is 25.3 Å². The van der Waals surface area contributed by atoms with E-state index in [1.807, 2.05) is 6.07 Å². The summed E-state index contributed by atoms with van der Waals surface area (Å²) in [6.07, 6.45) is 2.85. The van der Waals surface area contributed by atoms with E-state index in [0.717, 1.165) is 24.8 Å². The summed E-state index contributed by atoms with van der Waals surface area (Å²) in [5.74, 6) is -0.179. The summed E-state index contributed by atoms with van der Waals surface area (Å²) < 4.78 is 12.8. The zero-order chi connectivity index (χ0) is 9.68. The lowest BCUT2D eigenvalue weighted by molar-refractivity contribution is 0.592. The van der Waals surface area contributed by atoms with Crippen molar-refractivity contribution in [3.05, 3.63) is 35.6 Å². The largest absolute Gasteiger partial charge is 0.327 e. The van der Waals surface area contributed by atoms with Gasteiger partial charge in [-0.25, -0.2) is 4.39 Å². The van der Waals surface area contributed by atoms with Crippen LogP contribution in [0.4, 0.5) is 4.39 Å². The molecule has 2 heteroatoms. The fraction of sp³-hybridized carbons (Fsp3) is 0.455. The second kappa shape index (κ2) is 4.97. The lowest BCUT2D eigenvalue weighted by Gasteiger charge is -2.09. The number of hydrogen-bond acceptors (Lipinski definition) is 1. The highest BCUT2D eigenvalue weighted by molar-refractivity contribution is 5.17. The third-order valence-corrected chi connectivity index (χ3v) is 2.05. The smallest absolute Gasteiger partial charge is 0.123 e. The maximum absolute atomic E-state index is 12.8. The van der Waals surface area contributed by atoms with Crippen molar-refractivity contribution >= 4 is 0 Å². The standard InChI is InChI=1S/C11H16FN/c1-2-4-11(13)8-9-5-3-6-10(12)7-9/h3,5-7,11H,2,4,8,13H2,1H3/t11-/m0/s1. The summed E-state index contributed by atoms with van der Waals surface area (Å²) in [7, 11) is 0. The van der Waals surface area contributed by atoms with Crippen LogP contribution < -0.4 is 5.73 Å². The highest BCUT2D eigenvalue weighted by Crippen LogP contribution is 2.07. The van der Waals surface area contributed by atoms with E-state index in [4.69, 9.17) is 5.73 Å². The molecule has 0 saturated carbocycles. The molecule has 0 unspecified atom stereocenters. The van der Waals surface area contributed by atoms with Gasteiger partial charge in [0.15, 0.2) is 0 Å². The molecular formula is C11H16FN. The Bertz CT molecular complexity index is 260. The van der Waals surface area contributed by atoms with Crippen LogP contribution in [0.15, 0.2) is 24.3 Å². The van der Waals surface area contributed by atoms with E-state index in [2.05, 4.69) is 6.92 Å². The third kappa shape index (κ3) is 3.55. The Kier molecular flexibility index (Phi) is 3.90. The molecular weight excluding hydrogens is 165 g/mol. The van der Waals surface area contributed by atoms with Gasteiger partial charge in [0.2, 0.25) is 0 Å². The Balaban J connectivity index is 2.53. The first-order chi connectivity index (χ1) is 6.22. The van der Waals surface area contributed by atoms with E-state index < -0.39 is 0 Å². The van der Waals surface area contributed by atoms with Gasteiger partial charge in [0.05, 0.1) is 0 Å². The van der Waals surface area contributed by atoms with Gasteiger partial charge in [-0.15, -0.1) is 0 Å². The van der Waals surface area contributed by atoms with E-state index in [-0.39, 0.29) is 11.9 Å². The lowest BCUT2D eigenvalue weighted by Crippen LogP contribution is -2.22. The maximum atomic E-state index is 12.8. The zero-order valence-electron chi connectivity index (χ0n) is 7.96. The minimum Gasteiger partial charge on any atom is -0.327 e. The maximum Gasteiger partial charge on any atom is 0.123 e. The molecule has 1 nitrogen and oxygen atoms in total. The molecule has 1 rings (SSSR count). The van der Waals surface area contributed by atoms with Gasteiger partial charge in [-0.05, 0) is 30.5 Å². The predicted octanol–water partition coefficient (Wildman–Crippen LogP) is 2.50. The predicted molar refractivity (Wildman–Crippen MR) is 53.0 cm³/mol. The normalized spacial score (nSPS) is 12.8. The Hall–Kier alpha value is -0.890. The molecule has 0 aliphatic heterocycles. The second-order valence-electron chi connectivity index (χ2n) is 3.38. The minimum atomic E-state index is -0.179. The molecule has 1 aromatic rings. The number of benzene rings is 1. The highest BCUT2D eigenvalue weighted by Gasteiger charge is 2.02. The summed E-state index contributed by atoms with van der Waals surface area (Å²) in [5.41, 5.74) is 6.83. The van der Waals surface area contributed by atoms with Gasteiger partial charge in [0, 0.05) is 6.04 Å². The summed E-state index contributed by atoms with van der Waals surface area (Å²) in [6.45, 7) is 2.10. The molecule has 0 fully saturated rings. The van der Waals surface area contributed by atoms with E-state index in [0.29, 0.717) is 0 Å². The number of hydrogen-bond donors (Lipinski definition) is 1. The van der Waals surface area contributed by atoms with Crippen LogP contribution in [0, 0.1) is 5.82 Å². The SMILES string of the molecule is CCC[C@H](N)Cc1cccc(F)c1. The first-order valence-corrected chi connectivity index (χ1v) is 4.72. The van der Waals surface area contributed by atoms with Gasteiger partial charge in [-0.3, -0.25) is 0 Å². The zero-order valence-corrected chi connectivity index (χ0v) is 7.96. The van der Waals surface area contributed by atoms with Crippen molar-refractivity contribution in [3.63, 3.8) is 0 Å². The average Bonchev–Trinajstić information content (AvgIpc) is 2.04. The van der Waals surface area contributed by atoms with Crippen molar-refractivity contribution < 1.29 is 4.39 Å². The van der Waals surface area contributed by atoms with E-state index in [1.165, 1.54) is 6.07 Å². The molecule has 0 bridgehead atoms. The van der Waals surface area contributed by atoms with E-state index in [1.54, 1.807) is 12.1 Å². The molecule has 0 radical (unpaired) electrons. The van der Waals surface area contributed by atoms with Crippen molar-refractivity contribution in [1.82, 2.24) is 0 Å². The lowest BCUT2D eigenvalue weighted by atomic mass is 10.0. The van der Waals surface area contributed by atoms with Gasteiger partial charge < -0.3 is 5.73 Å². The van der Waals surface area contributed by atoms with E-state index in [9.17, 15) is 4.39 Å². The summed E-state index contributed by atoms with van der Waals surface area (Å²) in [4.78, 5) is 0. The van der Waals surface area contributed by atoms with Gasteiger partial charge in [-0.1, -0.05) is 25.5 Å². The van der Waals surface area contributed by atoms with Crippen molar-refractivity contribution in [3.8, 4) is 0 Å². The first-order valence-electron chi connectivity index (χ1n) is 4.72. The Labute approximate surface area is 78.8 Å². The fourth-order valence-electron chi connectivity index (χ4n) is 1.44. The average molecular weight is 181 g/mol. The summed E-state index contributed by atoms with van der Waals surface area (Å²) >= 11 is 0. The van der Waals surface area contributed by atoms with Gasteiger partial charge in [0.1, 0.15) is 5.82 Å². The van der Waals surface area contributed by atoms with Gasteiger partial charge in [0.25, 0.3) is 0 Å². The third-order valence-electron chi connectivity index (χ3n) is 2.05. The number of nitrogens with two attached hydrogens (primary N) is 1. The summed E-state index contributed by atoms with van der Waals surface area (Å²) in [5, 5.41) is 0. The number of rotatable bonds is 4. The van der Waals surface area contributed by atoms with Crippen molar-refractivity contribution in [2.24, 2.45) is 5.73 Å². The molecule has 13 heavy (non-hydrogen) atoms. The molecule has 0 amide bonds. The molecule has 2 N–H and O–H groups in total. The van der Waals surface area contributed by atoms with Crippen LogP contribution in [0.2, 0.25) is 0 Å². The molecule has 0 aliphatic carbocycles. The Morgan fingerprint density at radius 3 is 2.85 bits per heavy atom. The van der Waals surface area contributed by atoms with E-state index >= 15 is 0 Å². The molecule has 1 aromatic carbocycles. The van der Waals surface area contributed by atoms with Crippen molar-refractivity contribution in [1.29, 1.82) is 0 Å². The van der Waals surface area contributed by atoms with Crippen LogP contribution in [-0.4, -0.2) is 6.04 Å². The topological polar surface area (TPSA) is 26.0 Å².